The Kier molecular flexibility index (Phi) is 13.4. The van der Waals surface area contributed by atoms with Crippen molar-refractivity contribution in [1.29, 1.82) is 0 Å². The summed E-state index contributed by atoms with van der Waals surface area (Å²) in [4.78, 5) is 15.5. The van der Waals surface area contributed by atoms with Gasteiger partial charge in [0.2, 0.25) is 0 Å². The van der Waals surface area contributed by atoms with E-state index in [1.165, 1.54) is 23.9 Å². The average molecular weight is 812 g/mol. The Morgan fingerprint density at radius 1 is 0.907 bits per heavy atom. The van der Waals surface area contributed by atoms with Gasteiger partial charge < -0.3 is 24.4 Å². The van der Waals surface area contributed by atoms with Gasteiger partial charge in [0.15, 0.2) is 9.79 Å². The van der Waals surface area contributed by atoms with Crippen molar-refractivity contribution in [3.05, 3.63) is 137 Å². The van der Waals surface area contributed by atoms with Gasteiger partial charge in [-0.1, -0.05) is 66.2 Å². The number of benzene rings is 5. The van der Waals surface area contributed by atoms with Crippen LogP contribution in [0, 0.1) is 5.92 Å². The van der Waals surface area contributed by atoms with Crippen LogP contribution in [-0.4, -0.2) is 51.0 Å². The van der Waals surface area contributed by atoms with Crippen molar-refractivity contribution in [3.8, 4) is 11.1 Å². The van der Waals surface area contributed by atoms with Crippen molar-refractivity contribution >= 4 is 63.2 Å². The maximum absolute atomic E-state index is 13.6. The first-order valence-corrected chi connectivity index (χ1v) is 20.8. The van der Waals surface area contributed by atoms with Gasteiger partial charge in [-0.2, -0.15) is 4.72 Å². The number of nitrogens with one attached hydrogen (secondary N) is 2. The molecule has 3 N–H and O–H groups in total. The second-order valence-electron chi connectivity index (χ2n) is 12.6. The van der Waals surface area contributed by atoms with E-state index in [2.05, 4.69) is 14.9 Å². The van der Waals surface area contributed by atoms with Gasteiger partial charge in [0.25, 0.3) is 5.91 Å². The highest BCUT2D eigenvalue weighted by molar-refractivity contribution is 7.99. The summed E-state index contributed by atoms with van der Waals surface area (Å²) in [5.41, 5.74) is -1.12. The number of amides is 1. The number of nitrogens with zero attached hydrogens (tertiary/aromatic N) is 1. The minimum Gasteiger partial charge on any atom is -0.604 e. The zero-order valence-corrected chi connectivity index (χ0v) is 32.0. The Labute approximate surface area is 327 Å². The minimum absolute atomic E-state index is 0.00304. The van der Waals surface area contributed by atoms with Gasteiger partial charge in [-0.3, -0.25) is 4.79 Å². The topological polar surface area (TPSA) is 111 Å². The first kappa shape index (κ1) is 39.9. The smallest absolute Gasteiger partial charge is 0.578 e. The third-order valence-electron chi connectivity index (χ3n) is 9.11. The summed E-state index contributed by atoms with van der Waals surface area (Å²) < 4.78 is 68.6. The molecule has 7 nitrogen and oxygen atoms in total. The van der Waals surface area contributed by atoms with Crippen LogP contribution in [0.1, 0.15) is 34.9 Å². The van der Waals surface area contributed by atoms with E-state index < -0.39 is 45.0 Å². The lowest BCUT2D eigenvalue weighted by Gasteiger charge is -2.36. The zero-order chi connectivity index (χ0) is 38.2. The highest BCUT2D eigenvalue weighted by Crippen LogP contribution is 2.38. The number of aliphatic hydroxyl groups is 1. The molecule has 14 heteroatoms. The molecule has 1 saturated heterocycles. The second kappa shape index (κ2) is 18.2. The lowest BCUT2D eigenvalue weighted by atomic mass is 9.84. The summed E-state index contributed by atoms with van der Waals surface area (Å²) in [6.45, 7) is 1.67. The van der Waals surface area contributed by atoms with Crippen molar-refractivity contribution in [2.24, 2.45) is 5.92 Å². The molecule has 54 heavy (non-hydrogen) atoms. The molecule has 0 bridgehead atoms. The number of alkyl halides is 3. The van der Waals surface area contributed by atoms with E-state index in [0.717, 1.165) is 46.2 Å². The number of halogens is 4. The van der Waals surface area contributed by atoms with Crippen molar-refractivity contribution < 1.29 is 32.2 Å². The SMILES string of the molecule is O=C(N[S+]([O-])c1ccc(NCCSc2ccccc2)c([S+]([O-])C(F)(F)F)c1)c1ccc(N2CCC([C@@H](O)c3ccccc3-c3ccc(Cl)cc3)CC2)cc1. The molecule has 0 aromatic heterocycles. The lowest BCUT2D eigenvalue weighted by Crippen LogP contribution is -2.35. The van der Waals surface area contributed by atoms with Crippen LogP contribution in [0.4, 0.5) is 24.5 Å². The predicted octanol–water partition coefficient (Wildman–Crippen LogP) is 9.24. The zero-order valence-electron chi connectivity index (χ0n) is 28.8. The first-order chi connectivity index (χ1) is 26.0. The molecule has 0 saturated carbocycles. The Bertz CT molecular complexity index is 2000. The van der Waals surface area contributed by atoms with Gasteiger partial charge >= 0.3 is 5.51 Å². The van der Waals surface area contributed by atoms with Gasteiger partial charge in [0.1, 0.15) is 22.5 Å². The molecule has 0 aliphatic carbocycles. The molecule has 5 aromatic carbocycles. The van der Waals surface area contributed by atoms with Crippen molar-refractivity contribution in [2.75, 3.05) is 35.6 Å². The van der Waals surface area contributed by atoms with E-state index in [1.54, 1.807) is 24.3 Å². The van der Waals surface area contributed by atoms with Gasteiger partial charge in [-0.25, -0.2) is 0 Å². The Morgan fingerprint density at radius 2 is 1.57 bits per heavy atom. The largest absolute Gasteiger partial charge is 0.604 e. The summed E-state index contributed by atoms with van der Waals surface area (Å²) in [5, 5.41) is 15.0. The number of hydrogen-bond acceptors (Lipinski definition) is 7. The van der Waals surface area contributed by atoms with Crippen LogP contribution >= 0.6 is 23.4 Å². The quantitative estimate of drug-likeness (QED) is 0.0618. The van der Waals surface area contributed by atoms with Crippen molar-refractivity contribution in [1.82, 2.24) is 4.72 Å². The lowest BCUT2D eigenvalue weighted by molar-refractivity contribution is -0.0435. The highest BCUT2D eigenvalue weighted by Gasteiger charge is 2.47. The van der Waals surface area contributed by atoms with E-state index in [9.17, 15) is 32.2 Å². The van der Waals surface area contributed by atoms with E-state index in [0.29, 0.717) is 23.9 Å². The van der Waals surface area contributed by atoms with E-state index in [4.69, 9.17) is 11.6 Å². The summed E-state index contributed by atoms with van der Waals surface area (Å²) in [6.07, 6.45) is 0.853. The van der Waals surface area contributed by atoms with Crippen molar-refractivity contribution in [2.45, 2.75) is 39.1 Å². The molecule has 1 fully saturated rings. The third-order valence-corrected chi connectivity index (χ3v) is 12.6. The molecule has 2 unspecified atom stereocenters. The molecular formula is C40H37ClF3N3O4S3. The number of piperidine rings is 1. The number of hydrogen-bond donors (Lipinski definition) is 3. The van der Waals surface area contributed by atoms with Crippen LogP contribution in [-0.2, 0) is 22.5 Å². The van der Waals surface area contributed by atoms with Crippen LogP contribution < -0.4 is 14.9 Å². The Hall–Kier alpha value is -3.82. The average Bonchev–Trinajstić information content (AvgIpc) is 3.19. The van der Waals surface area contributed by atoms with Gasteiger partial charge in [-0.15, -0.1) is 24.9 Å². The number of carbonyl (C=O) groups is 1. The monoisotopic (exact) mass is 811 g/mol. The molecule has 1 amide bonds. The molecule has 0 radical (unpaired) electrons. The van der Waals surface area contributed by atoms with Crippen LogP contribution in [0.5, 0.6) is 0 Å². The van der Waals surface area contributed by atoms with Gasteiger partial charge in [0, 0.05) is 46.6 Å². The fourth-order valence-corrected chi connectivity index (χ4v) is 8.95. The number of carbonyl (C=O) groups excluding carboxylic acids is 1. The van der Waals surface area contributed by atoms with Crippen LogP contribution in [0.25, 0.3) is 11.1 Å². The Balaban J connectivity index is 1.05. The van der Waals surface area contributed by atoms with Crippen molar-refractivity contribution in [3.63, 3.8) is 0 Å². The van der Waals surface area contributed by atoms with Crippen LogP contribution in [0.15, 0.2) is 136 Å². The Morgan fingerprint density at radius 3 is 2.26 bits per heavy atom. The molecule has 1 aliphatic heterocycles. The summed E-state index contributed by atoms with van der Waals surface area (Å²) in [7, 11) is 0. The second-order valence-corrected chi connectivity index (χ2v) is 16.8. The van der Waals surface area contributed by atoms with Crippen LogP contribution in [0.3, 0.4) is 0 Å². The fourth-order valence-electron chi connectivity index (χ4n) is 6.31. The van der Waals surface area contributed by atoms with E-state index in [1.807, 2.05) is 78.9 Å². The normalized spacial score (nSPS) is 15.4. The maximum Gasteiger partial charge on any atom is 0.578 e. The number of aliphatic hydroxyl groups excluding tert-OH is 1. The molecule has 1 aliphatic rings. The standard InChI is InChI=1S/C40H37ClF3N3O4S3/c41-30-14-10-27(11-15-30)34-8-4-5-9-35(34)38(48)28-20-23-47(24-21-28)31-16-12-29(13-17-31)39(49)46-54(51)33-18-19-36(37(26-33)53(50)40(42,43)44)45-22-25-52-32-6-2-1-3-7-32/h1-19,26,28,38,45,48H,20-25H2,(H,46,49)/t38-,53?,54?/m1/s1. The highest BCUT2D eigenvalue weighted by atomic mass is 35.5. The first-order valence-electron chi connectivity index (χ1n) is 17.1. The molecule has 6 rings (SSSR count). The molecule has 3 atom stereocenters. The maximum atomic E-state index is 13.6. The molecule has 5 aromatic rings. The third kappa shape index (κ3) is 10.1. The minimum atomic E-state index is -5.04. The summed E-state index contributed by atoms with van der Waals surface area (Å²) in [5.74, 6) is -0.0978. The fraction of sp³-hybridized carbons (Fsp3) is 0.225. The van der Waals surface area contributed by atoms with Gasteiger partial charge in [-0.05, 0) is 96.1 Å². The summed E-state index contributed by atoms with van der Waals surface area (Å²) in [6, 6.07) is 35.2. The number of rotatable bonds is 13. The van der Waals surface area contributed by atoms with Crippen LogP contribution in [0.2, 0.25) is 5.02 Å². The van der Waals surface area contributed by atoms with E-state index >= 15 is 0 Å². The van der Waals surface area contributed by atoms with E-state index in [-0.39, 0.29) is 28.6 Å². The molecule has 0 spiro atoms. The summed E-state index contributed by atoms with van der Waals surface area (Å²) >= 11 is 1.97. The number of anilines is 2. The predicted molar refractivity (Wildman–Crippen MR) is 212 cm³/mol. The molecule has 282 valence electrons. The van der Waals surface area contributed by atoms with Gasteiger partial charge in [0.05, 0.1) is 17.9 Å². The molecule has 1 heterocycles. The molecular weight excluding hydrogens is 775 g/mol. The number of thioether (sulfide) groups is 1.